The molecule has 0 aliphatic carbocycles. The van der Waals surface area contributed by atoms with E-state index in [9.17, 15) is 0 Å². The Morgan fingerprint density at radius 1 is 1.05 bits per heavy atom. The molecule has 0 N–H and O–H groups in total. The van der Waals surface area contributed by atoms with Crippen molar-refractivity contribution in [3.8, 4) is 0 Å². The van der Waals surface area contributed by atoms with Gasteiger partial charge in [0.2, 0.25) is 0 Å². The second-order valence-electron chi connectivity index (χ2n) is 5.83. The van der Waals surface area contributed by atoms with Crippen LogP contribution in [0, 0.1) is 6.92 Å². The van der Waals surface area contributed by atoms with Crippen molar-refractivity contribution in [3.05, 3.63) is 47.5 Å². The number of hydrogen-bond donors (Lipinski definition) is 0. The van der Waals surface area contributed by atoms with Crippen LogP contribution in [-0.4, -0.2) is 31.8 Å². The topological polar surface area (TPSA) is 59.2 Å². The van der Waals surface area contributed by atoms with E-state index in [1.165, 1.54) is 28.6 Å². The highest BCUT2D eigenvalue weighted by Crippen LogP contribution is 2.34. The third-order valence-electron chi connectivity index (χ3n) is 4.31. The molecule has 112 valence electrons. The SMILES string of the molecule is Cc1ccc(C2CCCCN2c2ccc3nnnn3n2)cc1. The van der Waals surface area contributed by atoms with Crippen molar-refractivity contribution in [2.45, 2.75) is 32.2 Å². The lowest BCUT2D eigenvalue weighted by atomic mass is 9.94. The molecule has 0 spiro atoms. The molecule has 4 rings (SSSR count). The van der Waals surface area contributed by atoms with E-state index in [1.54, 1.807) is 0 Å². The lowest BCUT2D eigenvalue weighted by Crippen LogP contribution is -2.34. The highest BCUT2D eigenvalue weighted by Gasteiger charge is 2.25. The fourth-order valence-corrected chi connectivity index (χ4v) is 3.13. The average molecular weight is 294 g/mol. The molecule has 0 bridgehead atoms. The minimum Gasteiger partial charge on any atom is -0.348 e. The number of hydrogen-bond acceptors (Lipinski definition) is 5. The molecule has 1 fully saturated rings. The zero-order valence-electron chi connectivity index (χ0n) is 12.6. The monoisotopic (exact) mass is 294 g/mol. The lowest BCUT2D eigenvalue weighted by molar-refractivity contribution is 0.466. The molecule has 1 aliphatic heterocycles. The highest BCUT2D eigenvalue weighted by molar-refractivity contribution is 5.47. The first-order chi connectivity index (χ1) is 10.8. The van der Waals surface area contributed by atoms with Crippen LogP contribution in [0.4, 0.5) is 5.82 Å². The number of tetrazole rings is 1. The van der Waals surface area contributed by atoms with Crippen molar-refractivity contribution < 1.29 is 0 Å². The van der Waals surface area contributed by atoms with E-state index < -0.39 is 0 Å². The van der Waals surface area contributed by atoms with Gasteiger partial charge in [-0.3, -0.25) is 0 Å². The van der Waals surface area contributed by atoms with Gasteiger partial charge in [0, 0.05) is 6.54 Å². The summed E-state index contributed by atoms with van der Waals surface area (Å²) >= 11 is 0. The fraction of sp³-hybridized carbons (Fsp3) is 0.375. The van der Waals surface area contributed by atoms with Crippen LogP contribution < -0.4 is 4.90 Å². The van der Waals surface area contributed by atoms with Crippen molar-refractivity contribution in [2.75, 3.05) is 11.4 Å². The number of aromatic nitrogens is 5. The van der Waals surface area contributed by atoms with Crippen molar-refractivity contribution in [3.63, 3.8) is 0 Å². The summed E-state index contributed by atoms with van der Waals surface area (Å²) in [6.45, 7) is 3.13. The summed E-state index contributed by atoms with van der Waals surface area (Å²) in [7, 11) is 0. The number of rotatable bonds is 2. The van der Waals surface area contributed by atoms with Gasteiger partial charge in [0.15, 0.2) is 11.5 Å². The van der Waals surface area contributed by atoms with Crippen LogP contribution in [0.2, 0.25) is 0 Å². The van der Waals surface area contributed by atoms with Crippen molar-refractivity contribution in [1.29, 1.82) is 0 Å². The first-order valence-electron chi connectivity index (χ1n) is 7.70. The standard InChI is InChI=1S/C16H18N6/c1-12-5-7-13(8-6-12)14-4-2-3-11-21(14)16-10-9-15-17-19-20-22(15)18-16/h5-10,14H,2-4,11H2,1H3. The minimum absolute atomic E-state index is 0.371. The maximum absolute atomic E-state index is 4.56. The number of benzene rings is 1. The number of nitrogens with zero attached hydrogens (tertiary/aromatic N) is 6. The van der Waals surface area contributed by atoms with Gasteiger partial charge in [-0.2, -0.15) is 0 Å². The molecule has 2 aromatic heterocycles. The van der Waals surface area contributed by atoms with Gasteiger partial charge in [-0.1, -0.05) is 29.8 Å². The van der Waals surface area contributed by atoms with Crippen LogP contribution >= 0.6 is 0 Å². The lowest BCUT2D eigenvalue weighted by Gasteiger charge is -2.36. The van der Waals surface area contributed by atoms with Crippen LogP contribution in [0.15, 0.2) is 36.4 Å². The van der Waals surface area contributed by atoms with E-state index in [0.717, 1.165) is 18.8 Å². The number of piperidine rings is 1. The zero-order valence-corrected chi connectivity index (χ0v) is 12.6. The third kappa shape index (κ3) is 2.30. The summed E-state index contributed by atoms with van der Waals surface area (Å²) in [4.78, 5) is 2.37. The summed E-state index contributed by atoms with van der Waals surface area (Å²) in [5, 5.41) is 16.0. The van der Waals surface area contributed by atoms with Gasteiger partial charge < -0.3 is 4.90 Å². The van der Waals surface area contributed by atoms with Crippen LogP contribution in [0.5, 0.6) is 0 Å². The van der Waals surface area contributed by atoms with E-state index in [-0.39, 0.29) is 0 Å². The molecule has 3 heterocycles. The molecule has 0 saturated carbocycles. The summed E-state index contributed by atoms with van der Waals surface area (Å²) in [5.41, 5.74) is 3.32. The maximum atomic E-state index is 4.56. The fourth-order valence-electron chi connectivity index (χ4n) is 3.13. The van der Waals surface area contributed by atoms with E-state index in [0.29, 0.717) is 11.7 Å². The predicted octanol–water partition coefficient (Wildman–Crippen LogP) is 2.56. The summed E-state index contributed by atoms with van der Waals surface area (Å²) < 4.78 is 1.50. The largest absolute Gasteiger partial charge is 0.348 e. The van der Waals surface area contributed by atoms with Gasteiger partial charge in [0.25, 0.3) is 0 Å². The molecule has 22 heavy (non-hydrogen) atoms. The third-order valence-corrected chi connectivity index (χ3v) is 4.31. The molecular weight excluding hydrogens is 276 g/mol. The Kier molecular flexibility index (Phi) is 3.21. The van der Waals surface area contributed by atoms with Crippen LogP contribution in [-0.2, 0) is 0 Å². The van der Waals surface area contributed by atoms with E-state index in [4.69, 9.17) is 0 Å². The molecule has 1 aliphatic rings. The van der Waals surface area contributed by atoms with E-state index in [1.807, 2.05) is 12.1 Å². The van der Waals surface area contributed by atoms with Gasteiger partial charge in [0.05, 0.1) is 6.04 Å². The Hall–Kier alpha value is -2.50. The predicted molar refractivity (Wildman–Crippen MR) is 83.7 cm³/mol. The molecule has 1 saturated heterocycles. The summed E-state index contributed by atoms with van der Waals surface area (Å²) in [5.74, 6) is 0.935. The molecule has 6 nitrogen and oxygen atoms in total. The van der Waals surface area contributed by atoms with Gasteiger partial charge in [-0.05, 0) is 54.3 Å². The minimum atomic E-state index is 0.371. The second-order valence-corrected chi connectivity index (χ2v) is 5.83. The molecule has 6 heteroatoms. The van der Waals surface area contributed by atoms with E-state index in [2.05, 4.69) is 56.7 Å². The Bertz CT molecular complexity index is 779. The normalized spacial score (nSPS) is 18.8. The van der Waals surface area contributed by atoms with Gasteiger partial charge in [-0.25, -0.2) is 0 Å². The van der Waals surface area contributed by atoms with E-state index >= 15 is 0 Å². The molecular formula is C16H18N6. The van der Waals surface area contributed by atoms with Crippen molar-refractivity contribution in [2.24, 2.45) is 0 Å². The van der Waals surface area contributed by atoms with Gasteiger partial charge in [-0.15, -0.1) is 14.8 Å². The summed E-state index contributed by atoms with van der Waals surface area (Å²) in [6, 6.07) is 13.1. The average Bonchev–Trinajstić information content (AvgIpc) is 3.03. The first-order valence-corrected chi connectivity index (χ1v) is 7.70. The summed E-state index contributed by atoms with van der Waals surface area (Å²) in [6.07, 6.45) is 3.60. The quantitative estimate of drug-likeness (QED) is 0.727. The molecule has 1 atom stereocenters. The maximum Gasteiger partial charge on any atom is 0.200 e. The number of aryl methyl sites for hydroxylation is 1. The van der Waals surface area contributed by atoms with Crippen LogP contribution in [0.25, 0.3) is 5.65 Å². The molecule has 0 radical (unpaired) electrons. The van der Waals surface area contributed by atoms with Gasteiger partial charge in [0.1, 0.15) is 0 Å². The van der Waals surface area contributed by atoms with Crippen molar-refractivity contribution in [1.82, 2.24) is 25.3 Å². The smallest absolute Gasteiger partial charge is 0.200 e. The Morgan fingerprint density at radius 3 is 2.77 bits per heavy atom. The Morgan fingerprint density at radius 2 is 1.91 bits per heavy atom. The Labute approximate surface area is 128 Å². The Balaban J connectivity index is 1.71. The molecule has 0 amide bonds. The first kappa shape index (κ1) is 13.2. The molecule has 1 unspecified atom stereocenters. The molecule has 3 aromatic rings. The van der Waals surface area contributed by atoms with Crippen LogP contribution in [0.3, 0.4) is 0 Å². The number of fused-ring (bicyclic) bond motifs is 1. The van der Waals surface area contributed by atoms with Crippen molar-refractivity contribution >= 4 is 11.5 Å². The zero-order chi connectivity index (χ0) is 14.9. The number of anilines is 1. The van der Waals surface area contributed by atoms with Crippen LogP contribution in [0.1, 0.15) is 36.4 Å². The molecule has 1 aromatic carbocycles. The van der Waals surface area contributed by atoms with Gasteiger partial charge >= 0.3 is 0 Å². The second kappa shape index (κ2) is 5.36. The highest BCUT2D eigenvalue weighted by atomic mass is 15.6.